The number of fused-ring (bicyclic) bond motifs is 1. The van der Waals surface area contributed by atoms with Gasteiger partial charge in [0.05, 0.1) is 12.5 Å². The van der Waals surface area contributed by atoms with Crippen molar-refractivity contribution >= 4 is 16.2 Å². The monoisotopic (exact) mass is 212 g/mol. The molecule has 0 radical (unpaired) electrons. The third-order valence-electron chi connectivity index (χ3n) is 1.84. The average molecular weight is 212 g/mol. The summed E-state index contributed by atoms with van der Waals surface area (Å²) >= 11 is 0. The molecule has 0 saturated carbocycles. The summed E-state index contributed by atoms with van der Waals surface area (Å²) in [4.78, 5) is 0. The van der Waals surface area contributed by atoms with Crippen molar-refractivity contribution in [3.05, 3.63) is 29.2 Å². The Labute approximate surface area is 81.9 Å². The van der Waals surface area contributed by atoms with Gasteiger partial charge >= 0.3 is 10.1 Å². The molecule has 4 nitrogen and oxygen atoms in total. The Morgan fingerprint density at radius 2 is 2.14 bits per heavy atom. The Bertz CT molecular complexity index is 488. The number of hydrogen-bond acceptors (Lipinski definition) is 4. The van der Waals surface area contributed by atoms with Gasteiger partial charge in [-0.1, -0.05) is 12.1 Å². The van der Waals surface area contributed by atoms with Gasteiger partial charge in [0.2, 0.25) is 0 Å². The molecule has 0 atom stereocenters. The minimum Gasteiger partial charge on any atom is -0.493 e. The summed E-state index contributed by atoms with van der Waals surface area (Å²) < 4.78 is 32.0. The SMILES string of the molecule is COc1cccc2c1OS(=O)(=O)C=C2. The molecule has 0 bridgehead atoms. The first-order valence-corrected chi connectivity index (χ1v) is 5.39. The van der Waals surface area contributed by atoms with Gasteiger partial charge in [-0.25, -0.2) is 0 Å². The second kappa shape index (κ2) is 3.02. The summed E-state index contributed by atoms with van der Waals surface area (Å²) in [5.41, 5.74) is 0.694. The molecule has 0 aromatic heterocycles. The normalized spacial score (nSPS) is 16.9. The Morgan fingerprint density at radius 1 is 1.36 bits per heavy atom. The van der Waals surface area contributed by atoms with E-state index in [0.717, 1.165) is 5.41 Å². The van der Waals surface area contributed by atoms with Gasteiger partial charge in [0.15, 0.2) is 11.5 Å². The smallest absolute Gasteiger partial charge is 0.332 e. The average Bonchev–Trinajstić information content (AvgIpc) is 2.15. The molecular formula is C9H8O4S. The first kappa shape index (κ1) is 9.08. The lowest BCUT2D eigenvalue weighted by atomic mass is 10.2. The lowest BCUT2D eigenvalue weighted by Crippen LogP contribution is -2.10. The molecule has 0 amide bonds. The number of hydrogen-bond donors (Lipinski definition) is 0. The van der Waals surface area contributed by atoms with E-state index < -0.39 is 10.1 Å². The highest BCUT2D eigenvalue weighted by Gasteiger charge is 2.20. The van der Waals surface area contributed by atoms with E-state index in [4.69, 9.17) is 8.92 Å². The second-order valence-electron chi connectivity index (χ2n) is 2.76. The van der Waals surface area contributed by atoms with Crippen LogP contribution in [0.4, 0.5) is 0 Å². The highest BCUT2D eigenvalue weighted by molar-refractivity contribution is 7.90. The van der Waals surface area contributed by atoms with Crippen LogP contribution in [0.15, 0.2) is 23.6 Å². The molecule has 1 aromatic carbocycles. The van der Waals surface area contributed by atoms with E-state index in [2.05, 4.69) is 0 Å². The number of para-hydroxylation sites is 1. The van der Waals surface area contributed by atoms with Crippen LogP contribution in [0.5, 0.6) is 11.5 Å². The van der Waals surface area contributed by atoms with Crippen molar-refractivity contribution in [2.75, 3.05) is 7.11 Å². The third-order valence-corrected chi connectivity index (χ3v) is 2.71. The maximum Gasteiger partial charge on any atom is 0.332 e. The summed E-state index contributed by atoms with van der Waals surface area (Å²) in [7, 11) is -2.13. The van der Waals surface area contributed by atoms with Crippen molar-refractivity contribution < 1.29 is 17.3 Å². The maximum atomic E-state index is 11.1. The van der Waals surface area contributed by atoms with Crippen molar-refractivity contribution in [2.45, 2.75) is 0 Å². The van der Waals surface area contributed by atoms with E-state index in [0.29, 0.717) is 11.3 Å². The van der Waals surface area contributed by atoms with E-state index >= 15 is 0 Å². The van der Waals surface area contributed by atoms with Crippen molar-refractivity contribution in [3.8, 4) is 11.5 Å². The molecule has 14 heavy (non-hydrogen) atoms. The zero-order valence-corrected chi connectivity index (χ0v) is 8.24. The van der Waals surface area contributed by atoms with Crippen molar-refractivity contribution in [2.24, 2.45) is 0 Å². The summed E-state index contributed by atoms with van der Waals surface area (Å²) in [6, 6.07) is 5.17. The minimum atomic E-state index is -3.59. The van der Waals surface area contributed by atoms with Crippen LogP contribution < -0.4 is 8.92 Å². The molecule has 2 rings (SSSR count). The number of methoxy groups -OCH3 is 1. The Morgan fingerprint density at radius 3 is 2.86 bits per heavy atom. The first-order chi connectivity index (χ1) is 6.62. The van der Waals surface area contributed by atoms with Gasteiger partial charge in [0.1, 0.15) is 0 Å². The topological polar surface area (TPSA) is 52.6 Å². The van der Waals surface area contributed by atoms with Crippen molar-refractivity contribution in [3.63, 3.8) is 0 Å². The quantitative estimate of drug-likeness (QED) is 0.660. The van der Waals surface area contributed by atoms with Crippen LogP contribution in [0, 0.1) is 0 Å². The third kappa shape index (κ3) is 1.46. The fourth-order valence-electron chi connectivity index (χ4n) is 1.21. The molecule has 0 N–H and O–H groups in total. The Hall–Kier alpha value is -1.49. The first-order valence-electron chi connectivity index (χ1n) is 3.92. The summed E-state index contributed by atoms with van der Waals surface area (Å²) in [6.07, 6.45) is 1.48. The highest BCUT2D eigenvalue weighted by Crippen LogP contribution is 2.35. The molecular weight excluding hydrogens is 204 g/mol. The second-order valence-corrected chi connectivity index (χ2v) is 4.18. The number of rotatable bonds is 1. The lowest BCUT2D eigenvalue weighted by molar-refractivity contribution is 0.391. The predicted molar refractivity (Wildman–Crippen MR) is 51.6 cm³/mol. The summed E-state index contributed by atoms with van der Waals surface area (Å²) in [5, 5.41) is 1.02. The molecule has 0 saturated heterocycles. The van der Waals surface area contributed by atoms with E-state index in [1.54, 1.807) is 18.2 Å². The van der Waals surface area contributed by atoms with Crippen molar-refractivity contribution in [1.82, 2.24) is 0 Å². The van der Waals surface area contributed by atoms with Gasteiger partial charge in [-0.3, -0.25) is 0 Å². The zero-order chi connectivity index (χ0) is 10.2. The Balaban J connectivity index is 2.62. The molecule has 1 heterocycles. The molecule has 74 valence electrons. The summed E-state index contributed by atoms with van der Waals surface area (Å²) in [5.74, 6) is 0.660. The van der Waals surface area contributed by atoms with E-state index in [9.17, 15) is 8.42 Å². The zero-order valence-electron chi connectivity index (χ0n) is 7.43. The molecule has 5 heteroatoms. The molecule has 0 fully saturated rings. The van der Waals surface area contributed by atoms with Crippen LogP contribution in [0.1, 0.15) is 5.56 Å². The van der Waals surface area contributed by atoms with Gasteiger partial charge in [-0.15, -0.1) is 0 Å². The van der Waals surface area contributed by atoms with Crippen LogP contribution in [0.25, 0.3) is 6.08 Å². The standard InChI is InChI=1S/C9H8O4S/c1-12-8-4-2-3-7-5-6-14(10,11)13-9(7)8/h2-6H,1H3. The van der Waals surface area contributed by atoms with Crippen LogP contribution in [0.2, 0.25) is 0 Å². The molecule has 0 aliphatic carbocycles. The number of benzene rings is 1. The van der Waals surface area contributed by atoms with Crippen LogP contribution >= 0.6 is 0 Å². The summed E-state index contributed by atoms with van der Waals surface area (Å²) in [6.45, 7) is 0. The highest BCUT2D eigenvalue weighted by atomic mass is 32.2. The van der Waals surface area contributed by atoms with E-state index in [1.807, 2.05) is 0 Å². The van der Waals surface area contributed by atoms with E-state index in [-0.39, 0.29) is 5.75 Å². The van der Waals surface area contributed by atoms with Gasteiger partial charge in [0.25, 0.3) is 0 Å². The van der Waals surface area contributed by atoms with Crippen LogP contribution in [-0.4, -0.2) is 15.5 Å². The van der Waals surface area contributed by atoms with Gasteiger partial charge in [-0.05, 0) is 12.1 Å². The molecule has 1 aromatic rings. The molecule has 1 aliphatic heterocycles. The minimum absolute atomic E-state index is 0.248. The molecule has 0 spiro atoms. The fraction of sp³-hybridized carbons (Fsp3) is 0.111. The van der Waals surface area contributed by atoms with Gasteiger partial charge in [-0.2, -0.15) is 8.42 Å². The van der Waals surface area contributed by atoms with Crippen molar-refractivity contribution in [1.29, 1.82) is 0 Å². The van der Waals surface area contributed by atoms with Gasteiger partial charge in [0, 0.05) is 5.56 Å². The predicted octanol–water partition coefficient (Wildman–Crippen LogP) is 1.39. The lowest BCUT2D eigenvalue weighted by Gasteiger charge is -2.14. The Kier molecular flexibility index (Phi) is 1.96. The van der Waals surface area contributed by atoms with E-state index in [1.165, 1.54) is 13.2 Å². The fourth-order valence-corrected chi connectivity index (χ4v) is 1.99. The van der Waals surface area contributed by atoms with Gasteiger partial charge < -0.3 is 8.92 Å². The van der Waals surface area contributed by atoms with Crippen LogP contribution in [-0.2, 0) is 10.1 Å². The maximum absolute atomic E-state index is 11.1. The number of ether oxygens (including phenoxy) is 1. The molecule has 1 aliphatic rings. The largest absolute Gasteiger partial charge is 0.493 e. The molecule has 0 unspecified atom stereocenters. The van der Waals surface area contributed by atoms with Crippen LogP contribution in [0.3, 0.4) is 0 Å².